The van der Waals surface area contributed by atoms with Gasteiger partial charge in [0, 0.05) is 38.3 Å². The fourth-order valence-corrected chi connectivity index (χ4v) is 5.27. The van der Waals surface area contributed by atoms with Gasteiger partial charge in [-0.3, -0.25) is 4.79 Å². The van der Waals surface area contributed by atoms with Crippen LogP contribution in [0.3, 0.4) is 0 Å². The van der Waals surface area contributed by atoms with Gasteiger partial charge in [-0.2, -0.15) is 0 Å². The van der Waals surface area contributed by atoms with Crippen molar-refractivity contribution >= 4 is 57.1 Å². The summed E-state index contributed by atoms with van der Waals surface area (Å²) in [6.07, 6.45) is 0.959. The number of carbonyl (C=O) groups excluding carboxylic acids is 1. The Morgan fingerprint density at radius 2 is 1.97 bits per heavy atom. The molecule has 0 aliphatic rings. The molecule has 0 spiro atoms. The van der Waals surface area contributed by atoms with Crippen molar-refractivity contribution < 1.29 is 4.79 Å². The first-order valence-corrected chi connectivity index (χ1v) is 12.8. The van der Waals surface area contributed by atoms with Crippen molar-refractivity contribution in [2.24, 2.45) is 0 Å². The third-order valence-corrected chi connectivity index (χ3v) is 7.21. The lowest BCUT2D eigenvalue weighted by atomic mass is 10.2. The Morgan fingerprint density at radius 3 is 2.68 bits per heavy atom. The average molecular weight is 490 g/mol. The molecule has 0 saturated carbocycles. The molecular formula is C21H20ClN5OS3. The number of anilines is 1. The molecule has 0 fully saturated rings. The number of thioether (sulfide) groups is 1. The molecule has 31 heavy (non-hydrogen) atoms. The summed E-state index contributed by atoms with van der Waals surface area (Å²) in [5, 5.41) is 17.6. The number of rotatable bonds is 8. The molecule has 0 aliphatic heterocycles. The Kier molecular flexibility index (Phi) is 7.06. The maximum absolute atomic E-state index is 12.5. The topological polar surface area (TPSA) is 72.7 Å². The van der Waals surface area contributed by atoms with Gasteiger partial charge in [0.25, 0.3) is 0 Å². The number of hydrogen-bond acceptors (Lipinski definition) is 7. The maximum atomic E-state index is 12.5. The molecule has 0 atom stereocenters. The summed E-state index contributed by atoms with van der Waals surface area (Å²) in [4.78, 5) is 18.2. The number of carbonyl (C=O) groups is 1. The number of nitrogens with one attached hydrogen (secondary N) is 1. The smallest absolute Gasteiger partial charge is 0.236 e. The van der Waals surface area contributed by atoms with E-state index < -0.39 is 0 Å². The van der Waals surface area contributed by atoms with Crippen LogP contribution in [0.5, 0.6) is 0 Å². The lowest BCUT2D eigenvalue weighted by molar-refractivity contribution is -0.113. The molecule has 0 unspecified atom stereocenters. The summed E-state index contributed by atoms with van der Waals surface area (Å²) in [6, 6.07) is 9.58. The molecule has 1 amide bonds. The van der Waals surface area contributed by atoms with Gasteiger partial charge in [0.1, 0.15) is 0 Å². The molecule has 3 aromatic heterocycles. The van der Waals surface area contributed by atoms with E-state index in [4.69, 9.17) is 11.6 Å². The highest BCUT2D eigenvalue weighted by Gasteiger charge is 2.16. The number of benzene rings is 1. The van der Waals surface area contributed by atoms with Gasteiger partial charge < -0.3 is 9.88 Å². The summed E-state index contributed by atoms with van der Waals surface area (Å²) in [6.45, 7) is 4.99. The minimum absolute atomic E-state index is 0.124. The zero-order chi connectivity index (χ0) is 21.8. The first-order chi connectivity index (χ1) is 15.0. The quantitative estimate of drug-likeness (QED) is 0.297. The molecule has 0 bridgehead atoms. The van der Waals surface area contributed by atoms with Crippen molar-refractivity contribution in [3.8, 4) is 22.6 Å². The Bertz CT molecular complexity index is 1180. The van der Waals surface area contributed by atoms with E-state index in [9.17, 15) is 4.79 Å². The number of aromatic nitrogens is 4. The van der Waals surface area contributed by atoms with Crippen LogP contribution >= 0.6 is 46.0 Å². The third-order valence-electron chi connectivity index (χ3n) is 4.38. The first-order valence-electron chi connectivity index (χ1n) is 9.66. The van der Waals surface area contributed by atoms with Gasteiger partial charge in [-0.15, -0.1) is 32.9 Å². The molecule has 4 rings (SSSR count). The predicted molar refractivity (Wildman–Crippen MR) is 130 cm³/mol. The maximum Gasteiger partial charge on any atom is 0.236 e. The van der Waals surface area contributed by atoms with E-state index in [1.54, 1.807) is 11.3 Å². The van der Waals surface area contributed by atoms with E-state index in [1.807, 2.05) is 29.6 Å². The highest BCUT2D eigenvalue weighted by atomic mass is 35.5. The molecule has 6 nitrogen and oxygen atoms in total. The summed E-state index contributed by atoms with van der Waals surface area (Å²) in [7, 11) is 0. The van der Waals surface area contributed by atoms with Crippen LogP contribution in [0.15, 0.2) is 46.2 Å². The number of hydrogen-bond donors (Lipinski definition) is 1. The average Bonchev–Trinajstić information content (AvgIpc) is 3.48. The Morgan fingerprint density at radius 1 is 1.16 bits per heavy atom. The van der Waals surface area contributed by atoms with Crippen LogP contribution in [-0.2, 0) is 11.3 Å². The molecule has 0 saturated heterocycles. The highest BCUT2D eigenvalue weighted by molar-refractivity contribution is 7.99. The Hall–Kier alpha value is -2.20. The van der Waals surface area contributed by atoms with Crippen molar-refractivity contribution in [3.05, 3.63) is 51.0 Å². The zero-order valence-corrected chi connectivity index (χ0v) is 20.2. The second-order valence-corrected chi connectivity index (χ2v) is 10.1. The molecule has 4 aromatic rings. The van der Waals surface area contributed by atoms with Crippen LogP contribution < -0.4 is 5.32 Å². The minimum Gasteiger partial charge on any atom is -0.302 e. The van der Waals surface area contributed by atoms with Gasteiger partial charge in [-0.05, 0) is 31.5 Å². The molecule has 3 heterocycles. The molecule has 1 aromatic carbocycles. The molecule has 10 heteroatoms. The number of amides is 1. The minimum atomic E-state index is -0.124. The number of halogens is 1. The van der Waals surface area contributed by atoms with Gasteiger partial charge in [-0.1, -0.05) is 42.4 Å². The number of thiazole rings is 1. The fourth-order valence-electron chi connectivity index (χ4n) is 2.96. The summed E-state index contributed by atoms with van der Waals surface area (Å²) < 4.78 is 2.08. The monoisotopic (exact) mass is 489 g/mol. The van der Waals surface area contributed by atoms with Crippen molar-refractivity contribution in [2.45, 2.75) is 32.0 Å². The lowest BCUT2D eigenvalue weighted by Gasteiger charge is -2.07. The summed E-state index contributed by atoms with van der Waals surface area (Å²) in [5.41, 5.74) is 2.83. The highest BCUT2D eigenvalue weighted by Crippen LogP contribution is 2.29. The van der Waals surface area contributed by atoms with Gasteiger partial charge in [0.15, 0.2) is 16.1 Å². The van der Waals surface area contributed by atoms with Crippen molar-refractivity contribution in [1.29, 1.82) is 0 Å². The zero-order valence-electron chi connectivity index (χ0n) is 17.0. The normalized spacial score (nSPS) is 11.1. The Labute approximate surface area is 197 Å². The molecule has 1 N–H and O–H groups in total. The lowest BCUT2D eigenvalue weighted by Crippen LogP contribution is -2.14. The van der Waals surface area contributed by atoms with Crippen LogP contribution in [0, 0.1) is 6.92 Å². The van der Waals surface area contributed by atoms with Crippen LogP contribution in [0.4, 0.5) is 5.13 Å². The number of nitrogens with zero attached hydrogens (tertiary/aromatic N) is 4. The van der Waals surface area contributed by atoms with E-state index in [1.165, 1.54) is 28.0 Å². The molecule has 160 valence electrons. The molecule has 0 aliphatic carbocycles. The third kappa shape index (κ3) is 5.35. The molecule has 0 radical (unpaired) electrons. The summed E-state index contributed by atoms with van der Waals surface area (Å²) in [5.74, 6) is 0.961. The van der Waals surface area contributed by atoms with E-state index in [0.29, 0.717) is 10.2 Å². The van der Waals surface area contributed by atoms with E-state index >= 15 is 0 Å². The van der Waals surface area contributed by atoms with E-state index in [2.05, 4.69) is 50.4 Å². The molecular weight excluding hydrogens is 470 g/mol. The van der Waals surface area contributed by atoms with Crippen LogP contribution in [-0.4, -0.2) is 31.4 Å². The number of thiophene rings is 1. The van der Waals surface area contributed by atoms with E-state index in [0.717, 1.165) is 40.8 Å². The van der Waals surface area contributed by atoms with Gasteiger partial charge >= 0.3 is 0 Å². The first kappa shape index (κ1) is 22.0. The summed E-state index contributed by atoms with van der Waals surface area (Å²) >= 11 is 10.4. The standard InChI is InChI=1S/C21H20ClN5OS3/c1-3-8-27-19(15-9-13(2)29-10-15)25-26-21(27)31-12-18(28)24-20-23-17(11-30-20)14-4-6-16(22)7-5-14/h4-7,9-11H,3,8,12H2,1-2H3,(H,23,24,28). The van der Waals surface area contributed by atoms with E-state index in [-0.39, 0.29) is 11.7 Å². The van der Waals surface area contributed by atoms with Crippen molar-refractivity contribution in [2.75, 3.05) is 11.1 Å². The van der Waals surface area contributed by atoms with Crippen molar-refractivity contribution in [1.82, 2.24) is 19.7 Å². The van der Waals surface area contributed by atoms with Gasteiger partial charge in [0.05, 0.1) is 11.4 Å². The second kappa shape index (κ2) is 9.95. The van der Waals surface area contributed by atoms with Gasteiger partial charge in [-0.25, -0.2) is 4.98 Å². The van der Waals surface area contributed by atoms with Crippen LogP contribution in [0.2, 0.25) is 5.02 Å². The van der Waals surface area contributed by atoms with Crippen molar-refractivity contribution in [3.63, 3.8) is 0 Å². The SMILES string of the molecule is CCCn1c(SCC(=O)Nc2nc(-c3ccc(Cl)cc3)cs2)nnc1-c1csc(C)c1. The van der Waals surface area contributed by atoms with Crippen LogP contribution in [0.25, 0.3) is 22.6 Å². The second-order valence-electron chi connectivity index (χ2n) is 6.79. The largest absolute Gasteiger partial charge is 0.302 e. The predicted octanol–water partition coefficient (Wildman–Crippen LogP) is 6.23. The van der Waals surface area contributed by atoms with Crippen LogP contribution in [0.1, 0.15) is 18.2 Å². The number of aryl methyl sites for hydroxylation is 1. The Balaban J connectivity index is 1.40. The fraction of sp³-hybridized carbons (Fsp3) is 0.238. The van der Waals surface area contributed by atoms with Gasteiger partial charge in [0.2, 0.25) is 5.91 Å².